The number of aryl methyl sites for hydroxylation is 1. The molecule has 0 radical (unpaired) electrons. The van der Waals surface area contributed by atoms with Crippen LogP contribution in [-0.2, 0) is 7.05 Å². The van der Waals surface area contributed by atoms with Crippen molar-refractivity contribution in [2.24, 2.45) is 12.5 Å². The van der Waals surface area contributed by atoms with Crippen LogP contribution >= 0.6 is 0 Å². The van der Waals surface area contributed by atoms with E-state index in [0.29, 0.717) is 5.41 Å². The second-order valence-electron chi connectivity index (χ2n) is 5.57. The van der Waals surface area contributed by atoms with Gasteiger partial charge in [-0.15, -0.1) is 0 Å². The highest BCUT2D eigenvalue weighted by Gasteiger charge is 2.28. The molecule has 1 saturated heterocycles. The third kappa shape index (κ3) is 2.91. The van der Waals surface area contributed by atoms with Crippen LogP contribution in [0.5, 0.6) is 0 Å². The Hall–Kier alpha value is -1.23. The summed E-state index contributed by atoms with van der Waals surface area (Å²) in [6, 6.07) is 0. The highest BCUT2D eigenvalue weighted by Crippen LogP contribution is 2.31. The topological polar surface area (TPSA) is 59.1 Å². The van der Waals surface area contributed by atoms with Gasteiger partial charge in [0, 0.05) is 19.8 Å². The first-order valence-corrected chi connectivity index (χ1v) is 6.20. The Morgan fingerprint density at radius 1 is 1.41 bits per heavy atom. The maximum absolute atomic E-state index is 5.87. The van der Waals surface area contributed by atoms with Crippen LogP contribution in [0.15, 0.2) is 6.20 Å². The van der Waals surface area contributed by atoms with Crippen molar-refractivity contribution in [2.75, 3.05) is 37.7 Å². The van der Waals surface area contributed by atoms with Crippen LogP contribution in [0, 0.1) is 5.41 Å². The van der Waals surface area contributed by atoms with Gasteiger partial charge in [0.1, 0.15) is 0 Å². The molecule has 17 heavy (non-hydrogen) atoms. The number of rotatable bonds is 3. The number of nitrogens with zero attached hydrogens (tertiary/aromatic N) is 3. The van der Waals surface area contributed by atoms with Gasteiger partial charge in [0.25, 0.3) is 0 Å². The molecule has 2 heterocycles. The van der Waals surface area contributed by atoms with E-state index in [2.05, 4.69) is 29.3 Å². The van der Waals surface area contributed by atoms with Gasteiger partial charge >= 0.3 is 0 Å². The Kier molecular flexibility index (Phi) is 3.28. The second kappa shape index (κ2) is 4.56. The third-order valence-electron chi connectivity index (χ3n) is 3.73. The van der Waals surface area contributed by atoms with Crippen LogP contribution in [0.4, 0.5) is 11.5 Å². The number of likely N-dealkylation sites (tertiary alicyclic amines) is 1. The molecule has 3 N–H and O–H groups in total. The zero-order valence-corrected chi connectivity index (χ0v) is 11.0. The molecule has 0 aromatic carbocycles. The first-order chi connectivity index (χ1) is 7.98. The summed E-state index contributed by atoms with van der Waals surface area (Å²) in [4.78, 5) is 2.39. The van der Waals surface area contributed by atoms with Crippen molar-refractivity contribution in [1.82, 2.24) is 14.7 Å². The van der Waals surface area contributed by atoms with Crippen molar-refractivity contribution in [3.63, 3.8) is 0 Å². The monoisotopic (exact) mass is 237 g/mol. The standard InChI is InChI=1S/C12H23N5/c1-12(4-6-16(2)7-5-12)9-14-11-10(13)8-17(3)15-11/h8H,4-7,9,13H2,1-3H3,(H,14,15). The van der Waals surface area contributed by atoms with Gasteiger partial charge in [-0.05, 0) is 38.4 Å². The molecule has 96 valence electrons. The summed E-state index contributed by atoms with van der Waals surface area (Å²) in [5, 5.41) is 7.69. The van der Waals surface area contributed by atoms with Crippen LogP contribution in [0.1, 0.15) is 19.8 Å². The molecule has 0 spiro atoms. The van der Waals surface area contributed by atoms with E-state index in [-0.39, 0.29) is 0 Å². The van der Waals surface area contributed by atoms with Crippen molar-refractivity contribution in [2.45, 2.75) is 19.8 Å². The highest BCUT2D eigenvalue weighted by molar-refractivity contribution is 5.59. The number of hydrogen-bond acceptors (Lipinski definition) is 4. The quantitative estimate of drug-likeness (QED) is 0.828. The molecule has 0 atom stereocenters. The Morgan fingerprint density at radius 3 is 2.59 bits per heavy atom. The molecule has 5 heteroatoms. The summed E-state index contributed by atoms with van der Waals surface area (Å²) in [6.45, 7) is 5.64. The van der Waals surface area contributed by atoms with Crippen molar-refractivity contribution >= 4 is 11.5 Å². The van der Waals surface area contributed by atoms with Gasteiger partial charge < -0.3 is 16.0 Å². The van der Waals surface area contributed by atoms with E-state index < -0.39 is 0 Å². The lowest BCUT2D eigenvalue weighted by Gasteiger charge is -2.38. The fraction of sp³-hybridized carbons (Fsp3) is 0.750. The summed E-state index contributed by atoms with van der Waals surface area (Å²) >= 11 is 0. The number of anilines is 2. The molecule has 0 saturated carbocycles. The van der Waals surface area contributed by atoms with Crippen LogP contribution in [0.3, 0.4) is 0 Å². The summed E-state index contributed by atoms with van der Waals surface area (Å²) in [5.74, 6) is 0.813. The van der Waals surface area contributed by atoms with E-state index in [0.717, 1.165) is 18.1 Å². The van der Waals surface area contributed by atoms with Gasteiger partial charge in [0.2, 0.25) is 0 Å². The lowest BCUT2D eigenvalue weighted by Crippen LogP contribution is -2.40. The van der Waals surface area contributed by atoms with Crippen molar-refractivity contribution in [3.8, 4) is 0 Å². The predicted octanol–water partition coefficient (Wildman–Crippen LogP) is 1.15. The largest absolute Gasteiger partial charge is 0.394 e. The molecular weight excluding hydrogens is 214 g/mol. The maximum atomic E-state index is 5.87. The summed E-state index contributed by atoms with van der Waals surface area (Å²) in [6.07, 6.45) is 4.28. The number of piperidine rings is 1. The van der Waals surface area contributed by atoms with E-state index in [1.807, 2.05) is 13.2 Å². The molecule has 0 unspecified atom stereocenters. The molecular formula is C12H23N5. The van der Waals surface area contributed by atoms with Gasteiger partial charge in [-0.2, -0.15) is 5.10 Å². The van der Waals surface area contributed by atoms with E-state index in [1.165, 1.54) is 25.9 Å². The lowest BCUT2D eigenvalue weighted by atomic mass is 9.80. The molecule has 5 nitrogen and oxygen atoms in total. The van der Waals surface area contributed by atoms with Crippen molar-refractivity contribution < 1.29 is 0 Å². The fourth-order valence-corrected chi connectivity index (χ4v) is 2.28. The molecule has 1 aromatic heterocycles. The minimum atomic E-state index is 0.358. The van der Waals surface area contributed by atoms with Crippen LogP contribution in [0.25, 0.3) is 0 Å². The van der Waals surface area contributed by atoms with E-state index in [9.17, 15) is 0 Å². The molecule has 1 aromatic rings. The minimum absolute atomic E-state index is 0.358. The first-order valence-electron chi connectivity index (χ1n) is 6.20. The molecule has 1 aliphatic rings. The fourth-order valence-electron chi connectivity index (χ4n) is 2.28. The number of nitrogens with two attached hydrogens (primary N) is 1. The lowest BCUT2D eigenvalue weighted by molar-refractivity contribution is 0.150. The maximum Gasteiger partial charge on any atom is 0.171 e. The SMILES string of the molecule is CN1CCC(C)(CNc2nn(C)cc2N)CC1. The molecule has 1 fully saturated rings. The number of hydrogen-bond donors (Lipinski definition) is 2. The minimum Gasteiger partial charge on any atom is -0.394 e. The number of aromatic nitrogens is 2. The van der Waals surface area contributed by atoms with E-state index >= 15 is 0 Å². The summed E-state index contributed by atoms with van der Waals surface area (Å²) < 4.78 is 1.74. The van der Waals surface area contributed by atoms with Gasteiger partial charge in [-0.25, -0.2) is 0 Å². The van der Waals surface area contributed by atoms with Gasteiger partial charge in [0.15, 0.2) is 5.82 Å². The second-order valence-corrected chi connectivity index (χ2v) is 5.57. The van der Waals surface area contributed by atoms with Gasteiger partial charge in [0.05, 0.1) is 5.69 Å². The predicted molar refractivity (Wildman–Crippen MR) is 70.9 cm³/mol. The molecule has 0 amide bonds. The van der Waals surface area contributed by atoms with E-state index in [4.69, 9.17) is 5.73 Å². The van der Waals surface area contributed by atoms with Crippen molar-refractivity contribution in [1.29, 1.82) is 0 Å². The highest BCUT2D eigenvalue weighted by atomic mass is 15.3. The summed E-state index contributed by atoms with van der Waals surface area (Å²) in [5.41, 5.74) is 6.95. The number of nitrogen functional groups attached to an aromatic ring is 1. The van der Waals surface area contributed by atoms with Crippen molar-refractivity contribution in [3.05, 3.63) is 6.20 Å². The molecule has 2 rings (SSSR count). The number of nitrogens with one attached hydrogen (secondary N) is 1. The zero-order chi connectivity index (χ0) is 12.5. The average molecular weight is 237 g/mol. The van der Waals surface area contributed by atoms with E-state index in [1.54, 1.807) is 4.68 Å². The first kappa shape index (κ1) is 12.2. The Morgan fingerprint density at radius 2 is 2.06 bits per heavy atom. The van der Waals surface area contributed by atoms with Crippen LogP contribution < -0.4 is 11.1 Å². The smallest absolute Gasteiger partial charge is 0.171 e. The van der Waals surface area contributed by atoms with Crippen LogP contribution in [0.2, 0.25) is 0 Å². The van der Waals surface area contributed by atoms with Gasteiger partial charge in [-0.3, -0.25) is 4.68 Å². The summed E-state index contributed by atoms with van der Waals surface area (Å²) in [7, 11) is 4.07. The zero-order valence-electron chi connectivity index (χ0n) is 11.0. The Labute approximate surface area is 103 Å². The Bertz CT molecular complexity index is 376. The Balaban J connectivity index is 1.91. The van der Waals surface area contributed by atoms with Gasteiger partial charge in [-0.1, -0.05) is 6.92 Å². The van der Waals surface area contributed by atoms with Crippen LogP contribution in [-0.4, -0.2) is 41.4 Å². The normalized spacial score (nSPS) is 20.4. The molecule has 1 aliphatic heterocycles. The molecule has 0 aliphatic carbocycles. The molecule has 0 bridgehead atoms. The average Bonchev–Trinajstić information content (AvgIpc) is 2.60. The third-order valence-corrected chi connectivity index (χ3v) is 3.73.